The van der Waals surface area contributed by atoms with Crippen molar-refractivity contribution in [3.05, 3.63) is 29.7 Å². The maximum absolute atomic E-state index is 12.4. The summed E-state index contributed by atoms with van der Waals surface area (Å²) in [5, 5.41) is 6.92. The lowest BCUT2D eigenvalue weighted by Gasteiger charge is -2.26. The van der Waals surface area contributed by atoms with E-state index in [1.54, 1.807) is 17.8 Å². The first-order chi connectivity index (χ1) is 11.0. The fraction of sp³-hybridized carbons (Fsp3) is 0.500. The van der Waals surface area contributed by atoms with Crippen molar-refractivity contribution in [3.63, 3.8) is 0 Å². The second kappa shape index (κ2) is 5.98. The molecule has 3 heterocycles. The molecule has 0 bridgehead atoms. The maximum atomic E-state index is 12.4. The smallest absolute Gasteiger partial charge is 0.256 e. The van der Waals surface area contributed by atoms with E-state index in [4.69, 9.17) is 0 Å². The lowest BCUT2D eigenvalue weighted by Crippen LogP contribution is -2.34. The average Bonchev–Trinajstić information content (AvgIpc) is 3.19. The summed E-state index contributed by atoms with van der Waals surface area (Å²) < 4.78 is 1.68. The van der Waals surface area contributed by atoms with E-state index in [9.17, 15) is 9.59 Å². The molecule has 3 rings (SSSR count). The van der Waals surface area contributed by atoms with Crippen LogP contribution in [-0.2, 0) is 4.79 Å². The molecule has 2 aromatic heterocycles. The Morgan fingerprint density at radius 1 is 1.39 bits per heavy atom. The topological polar surface area (TPSA) is 79.6 Å². The number of nitrogens with one attached hydrogen (secondary N) is 1. The molecule has 1 N–H and O–H groups in total. The molecule has 1 atom stereocenters. The van der Waals surface area contributed by atoms with Crippen molar-refractivity contribution in [1.29, 1.82) is 0 Å². The van der Waals surface area contributed by atoms with Crippen LogP contribution in [0.2, 0.25) is 0 Å². The number of rotatable bonds is 3. The molecule has 0 saturated carbocycles. The standard InChI is InChI=1S/C16H21N5O2/c1-10(2)16(23)20-8-4-5-12(20)13-6-7-18-14-11(15(22)17-3)9-19-21(13)14/h6-7,9-10,12H,4-5,8H2,1-3H3,(H,17,22). The van der Waals surface area contributed by atoms with Gasteiger partial charge in [0.05, 0.1) is 17.9 Å². The monoisotopic (exact) mass is 315 g/mol. The van der Waals surface area contributed by atoms with Gasteiger partial charge in [-0.05, 0) is 18.9 Å². The van der Waals surface area contributed by atoms with E-state index in [0.717, 1.165) is 25.1 Å². The van der Waals surface area contributed by atoms with Crippen LogP contribution >= 0.6 is 0 Å². The van der Waals surface area contributed by atoms with Crippen LogP contribution in [0.25, 0.3) is 5.65 Å². The second-order valence-electron chi connectivity index (χ2n) is 6.09. The molecule has 1 aliphatic heterocycles. The van der Waals surface area contributed by atoms with Gasteiger partial charge >= 0.3 is 0 Å². The lowest BCUT2D eigenvalue weighted by atomic mass is 10.1. The molecule has 2 aromatic rings. The molecule has 1 unspecified atom stereocenters. The zero-order chi connectivity index (χ0) is 16.6. The molecule has 1 aliphatic rings. The molecule has 7 heteroatoms. The van der Waals surface area contributed by atoms with Gasteiger partial charge in [-0.25, -0.2) is 9.50 Å². The third-order valence-corrected chi connectivity index (χ3v) is 4.27. The summed E-state index contributed by atoms with van der Waals surface area (Å²) in [5.41, 5.74) is 1.86. The number of fused-ring (bicyclic) bond motifs is 1. The van der Waals surface area contributed by atoms with E-state index in [0.29, 0.717) is 11.2 Å². The Hall–Kier alpha value is -2.44. The minimum atomic E-state index is -0.216. The van der Waals surface area contributed by atoms with Gasteiger partial charge in [0.15, 0.2) is 5.65 Å². The Labute approximate surface area is 134 Å². The van der Waals surface area contributed by atoms with Crippen molar-refractivity contribution in [2.75, 3.05) is 13.6 Å². The quantitative estimate of drug-likeness (QED) is 0.928. The Morgan fingerprint density at radius 2 is 2.17 bits per heavy atom. The van der Waals surface area contributed by atoms with Crippen LogP contribution in [-0.4, -0.2) is 44.9 Å². The van der Waals surface area contributed by atoms with Gasteiger partial charge in [-0.2, -0.15) is 5.10 Å². The SMILES string of the molecule is CNC(=O)c1cnn2c(C3CCCN3C(=O)C(C)C)ccnc12. The van der Waals surface area contributed by atoms with Gasteiger partial charge in [0.25, 0.3) is 5.91 Å². The maximum Gasteiger partial charge on any atom is 0.256 e. The Balaban J connectivity index is 2.04. The van der Waals surface area contributed by atoms with Gasteiger partial charge in [0.2, 0.25) is 5.91 Å². The van der Waals surface area contributed by atoms with E-state index in [2.05, 4.69) is 15.4 Å². The third-order valence-electron chi connectivity index (χ3n) is 4.27. The highest BCUT2D eigenvalue weighted by molar-refractivity contribution is 5.99. The minimum Gasteiger partial charge on any atom is -0.355 e. The van der Waals surface area contributed by atoms with Crippen molar-refractivity contribution < 1.29 is 9.59 Å². The molecule has 0 spiro atoms. The van der Waals surface area contributed by atoms with Gasteiger partial charge in [0.1, 0.15) is 5.56 Å². The molecule has 1 saturated heterocycles. The van der Waals surface area contributed by atoms with Crippen molar-refractivity contribution in [2.45, 2.75) is 32.7 Å². The number of nitrogens with zero attached hydrogens (tertiary/aromatic N) is 4. The number of hydrogen-bond acceptors (Lipinski definition) is 4. The molecule has 122 valence electrons. The van der Waals surface area contributed by atoms with E-state index >= 15 is 0 Å². The number of likely N-dealkylation sites (tertiary alicyclic amines) is 1. The van der Waals surface area contributed by atoms with E-state index in [-0.39, 0.29) is 23.8 Å². The van der Waals surface area contributed by atoms with Crippen molar-refractivity contribution in [2.24, 2.45) is 5.92 Å². The van der Waals surface area contributed by atoms with Crippen molar-refractivity contribution >= 4 is 17.5 Å². The fourth-order valence-electron chi connectivity index (χ4n) is 3.13. The Morgan fingerprint density at radius 3 is 2.87 bits per heavy atom. The molecular formula is C16H21N5O2. The van der Waals surface area contributed by atoms with Gasteiger partial charge < -0.3 is 10.2 Å². The largest absolute Gasteiger partial charge is 0.355 e. The molecule has 0 aromatic carbocycles. The highest BCUT2D eigenvalue weighted by Gasteiger charge is 2.33. The molecule has 2 amide bonds. The van der Waals surface area contributed by atoms with Crippen LogP contribution < -0.4 is 5.32 Å². The first-order valence-electron chi connectivity index (χ1n) is 7.89. The lowest BCUT2D eigenvalue weighted by molar-refractivity contribution is -0.135. The van der Waals surface area contributed by atoms with Crippen LogP contribution in [0.1, 0.15) is 48.8 Å². The number of amides is 2. The fourth-order valence-corrected chi connectivity index (χ4v) is 3.13. The second-order valence-corrected chi connectivity index (χ2v) is 6.09. The normalized spacial score (nSPS) is 17.9. The van der Waals surface area contributed by atoms with E-state index in [1.165, 1.54) is 6.20 Å². The Bertz CT molecular complexity index is 752. The molecule has 0 radical (unpaired) electrons. The van der Waals surface area contributed by atoms with Crippen LogP contribution in [0.15, 0.2) is 18.5 Å². The average molecular weight is 315 g/mol. The number of aromatic nitrogens is 3. The molecule has 7 nitrogen and oxygen atoms in total. The molecule has 1 fully saturated rings. The number of carbonyl (C=O) groups is 2. The summed E-state index contributed by atoms with van der Waals surface area (Å²) in [6.07, 6.45) is 5.06. The molecule has 23 heavy (non-hydrogen) atoms. The van der Waals surface area contributed by atoms with E-state index < -0.39 is 0 Å². The Kier molecular flexibility index (Phi) is 4.02. The number of carbonyl (C=O) groups excluding carboxylic acids is 2. The van der Waals surface area contributed by atoms with Gasteiger partial charge in [-0.1, -0.05) is 13.8 Å². The highest BCUT2D eigenvalue weighted by Crippen LogP contribution is 2.33. The van der Waals surface area contributed by atoms with Gasteiger partial charge in [-0.3, -0.25) is 9.59 Å². The van der Waals surface area contributed by atoms with Crippen molar-refractivity contribution in [3.8, 4) is 0 Å². The zero-order valence-electron chi connectivity index (χ0n) is 13.6. The number of hydrogen-bond donors (Lipinski definition) is 1. The van der Waals surface area contributed by atoms with Crippen LogP contribution in [0.4, 0.5) is 0 Å². The van der Waals surface area contributed by atoms with Crippen molar-refractivity contribution in [1.82, 2.24) is 24.8 Å². The summed E-state index contributed by atoms with van der Waals surface area (Å²) in [4.78, 5) is 30.6. The van der Waals surface area contributed by atoms with Gasteiger partial charge in [0, 0.05) is 25.7 Å². The summed E-state index contributed by atoms with van der Waals surface area (Å²) in [5.74, 6) is -0.102. The summed E-state index contributed by atoms with van der Waals surface area (Å²) in [6.45, 7) is 4.59. The highest BCUT2D eigenvalue weighted by atomic mass is 16.2. The predicted molar refractivity (Wildman–Crippen MR) is 84.9 cm³/mol. The van der Waals surface area contributed by atoms with Crippen LogP contribution in [0.3, 0.4) is 0 Å². The van der Waals surface area contributed by atoms with E-state index in [1.807, 2.05) is 24.8 Å². The summed E-state index contributed by atoms with van der Waals surface area (Å²) >= 11 is 0. The first kappa shape index (κ1) is 15.5. The van der Waals surface area contributed by atoms with Crippen LogP contribution in [0.5, 0.6) is 0 Å². The van der Waals surface area contributed by atoms with Gasteiger partial charge in [-0.15, -0.1) is 0 Å². The first-order valence-corrected chi connectivity index (χ1v) is 7.89. The summed E-state index contributed by atoms with van der Waals surface area (Å²) in [7, 11) is 1.58. The zero-order valence-corrected chi connectivity index (χ0v) is 13.6. The predicted octanol–water partition coefficient (Wildman–Crippen LogP) is 1.41. The summed E-state index contributed by atoms with van der Waals surface area (Å²) in [6, 6.07) is 1.86. The van der Waals surface area contributed by atoms with Crippen LogP contribution in [0, 0.1) is 5.92 Å². The third kappa shape index (κ3) is 2.56. The minimum absolute atomic E-state index is 0.0205. The molecular weight excluding hydrogens is 294 g/mol. The molecule has 0 aliphatic carbocycles.